The molecule has 1 N–H and O–H groups in total. The Kier molecular flexibility index (Phi) is 3.47. The number of furan rings is 1. The first-order valence-corrected chi connectivity index (χ1v) is 6.11. The molecular weight excluding hydrogens is 186 g/mol. The monoisotopic (exact) mass is 207 g/mol. The van der Waals surface area contributed by atoms with E-state index in [2.05, 4.69) is 18.3 Å². The zero-order valence-electron chi connectivity index (χ0n) is 9.59. The van der Waals surface area contributed by atoms with Gasteiger partial charge in [0.25, 0.3) is 0 Å². The molecule has 0 amide bonds. The Morgan fingerprint density at radius 2 is 2.33 bits per heavy atom. The van der Waals surface area contributed by atoms with Gasteiger partial charge in [-0.15, -0.1) is 0 Å². The van der Waals surface area contributed by atoms with Crippen LogP contribution in [0, 0.1) is 0 Å². The Balaban J connectivity index is 2.05. The van der Waals surface area contributed by atoms with Crippen LogP contribution in [0.15, 0.2) is 23.0 Å². The summed E-state index contributed by atoms with van der Waals surface area (Å²) in [6.45, 7) is 3.46. The van der Waals surface area contributed by atoms with Crippen LogP contribution < -0.4 is 5.32 Å². The van der Waals surface area contributed by atoms with Crippen LogP contribution in [-0.2, 0) is 6.42 Å². The summed E-state index contributed by atoms with van der Waals surface area (Å²) in [5.41, 5.74) is 1.65. The predicted octanol–water partition coefficient (Wildman–Crippen LogP) is 3.13. The molecule has 1 aromatic rings. The van der Waals surface area contributed by atoms with Gasteiger partial charge in [-0.3, -0.25) is 0 Å². The van der Waals surface area contributed by atoms with Crippen molar-refractivity contribution in [3.63, 3.8) is 0 Å². The van der Waals surface area contributed by atoms with E-state index in [0.29, 0.717) is 5.54 Å². The van der Waals surface area contributed by atoms with Gasteiger partial charge < -0.3 is 9.73 Å². The first-order chi connectivity index (χ1) is 7.35. The maximum Gasteiger partial charge on any atom is 0.0935 e. The van der Waals surface area contributed by atoms with Gasteiger partial charge in [-0.1, -0.05) is 19.8 Å². The van der Waals surface area contributed by atoms with Crippen molar-refractivity contribution in [1.29, 1.82) is 0 Å². The SMILES string of the molecule is CCC1(Cc2ccoc2)CCCCCN1. The van der Waals surface area contributed by atoms with Crippen LogP contribution in [0.5, 0.6) is 0 Å². The lowest BCUT2D eigenvalue weighted by Gasteiger charge is -2.32. The molecule has 0 saturated carbocycles. The van der Waals surface area contributed by atoms with Crippen LogP contribution in [0.4, 0.5) is 0 Å². The van der Waals surface area contributed by atoms with Gasteiger partial charge >= 0.3 is 0 Å². The molecule has 0 bridgehead atoms. The summed E-state index contributed by atoms with van der Waals surface area (Å²) in [6.07, 6.45) is 11.3. The highest BCUT2D eigenvalue weighted by molar-refractivity contribution is 5.11. The van der Waals surface area contributed by atoms with Crippen molar-refractivity contribution in [2.24, 2.45) is 0 Å². The second kappa shape index (κ2) is 4.84. The summed E-state index contributed by atoms with van der Waals surface area (Å²) in [5, 5.41) is 3.74. The second-order valence-electron chi connectivity index (χ2n) is 4.68. The molecule has 2 heterocycles. The maximum absolute atomic E-state index is 5.15. The Hall–Kier alpha value is -0.760. The molecule has 2 nitrogen and oxygen atoms in total. The summed E-state index contributed by atoms with van der Waals surface area (Å²) in [6, 6.07) is 2.09. The van der Waals surface area contributed by atoms with Crippen molar-refractivity contribution in [3.05, 3.63) is 24.2 Å². The van der Waals surface area contributed by atoms with Crippen LogP contribution >= 0.6 is 0 Å². The van der Waals surface area contributed by atoms with E-state index in [1.54, 1.807) is 6.26 Å². The van der Waals surface area contributed by atoms with Gasteiger partial charge in [0.05, 0.1) is 12.5 Å². The van der Waals surface area contributed by atoms with Gasteiger partial charge in [0.2, 0.25) is 0 Å². The highest BCUT2D eigenvalue weighted by Gasteiger charge is 2.28. The third-order valence-electron chi connectivity index (χ3n) is 3.63. The van der Waals surface area contributed by atoms with Crippen molar-refractivity contribution < 1.29 is 4.42 Å². The highest BCUT2D eigenvalue weighted by Crippen LogP contribution is 2.26. The number of hydrogen-bond acceptors (Lipinski definition) is 2. The second-order valence-corrected chi connectivity index (χ2v) is 4.68. The van der Waals surface area contributed by atoms with Crippen LogP contribution in [0.25, 0.3) is 0 Å². The summed E-state index contributed by atoms with van der Waals surface area (Å²) < 4.78 is 5.15. The van der Waals surface area contributed by atoms with E-state index in [-0.39, 0.29) is 0 Å². The third-order valence-corrected chi connectivity index (χ3v) is 3.63. The summed E-state index contributed by atoms with van der Waals surface area (Å²) >= 11 is 0. The molecule has 1 atom stereocenters. The smallest absolute Gasteiger partial charge is 0.0935 e. The third kappa shape index (κ3) is 2.63. The Bertz CT molecular complexity index is 271. The Morgan fingerprint density at radius 1 is 1.40 bits per heavy atom. The summed E-state index contributed by atoms with van der Waals surface area (Å²) in [5.74, 6) is 0. The molecule has 1 saturated heterocycles. The van der Waals surface area contributed by atoms with Crippen LogP contribution in [0.3, 0.4) is 0 Å². The molecule has 1 aliphatic rings. The quantitative estimate of drug-likeness (QED) is 0.823. The van der Waals surface area contributed by atoms with Gasteiger partial charge in [0.1, 0.15) is 0 Å². The van der Waals surface area contributed by atoms with Gasteiger partial charge in [0.15, 0.2) is 0 Å². The fraction of sp³-hybridized carbons (Fsp3) is 0.692. The lowest BCUT2D eigenvalue weighted by molar-refractivity contribution is 0.301. The van der Waals surface area contributed by atoms with Crippen molar-refractivity contribution >= 4 is 0 Å². The molecule has 2 rings (SSSR count). The zero-order chi connectivity index (χ0) is 10.6. The van der Waals surface area contributed by atoms with Gasteiger partial charge in [-0.25, -0.2) is 0 Å². The van der Waals surface area contributed by atoms with Gasteiger partial charge in [-0.05, 0) is 43.9 Å². The highest BCUT2D eigenvalue weighted by atomic mass is 16.3. The fourth-order valence-corrected chi connectivity index (χ4v) is 2.57. The van der Waals surface area contributed by atoms with Crippen LogP contribution in [0.1, 0.15) is 44.6 Å². The van der Waals surface area contributed by atoms with E-state index < -0.39 is 0 Å². The molecule has 2 heteroatoms. The van der Waals surface area contributed by atoms with E-state index in [1.165, 1.54) is 44.2 Å². The minimum absolute atomic E-state index is 0.320. The van der Waals surface area contributed by atoms with Crippen LogP contribution in [0.2, 0.25) is 0 Å². The number of hydrogen-bond donors (Lipinski definition) is 1. The minimum atomic E-state index is 0.320. The predicted molar refractivity (Wildman–Crippen MR) is 61.9 cm³/mol. The summed E-state index contributed by atoms with van der Waals surface area (Å²) in [4.78, 5) is 0. The van der Waals surface area contributed by atoms with Gasteiger partial charge in [0, 0.05) is 5.54 Å². The van der Waals surface area contributed by atoms with Crippen molar-refractivity contribution in [2.75, 3.05) is 6.54 Å². The lowest BCUT2D eigenvalue weighted by Crippen LogP contribution is -2.45. The zero-order valence-corrected chi connectivity index (χ0v) is 9.59. The average Bonchev–Trinajstić information content (AvgIpc) is 2.64. The van der Waals surface area contributed by atoms with Crippen molar-refractivity contribution in [1.82, 2.24) is 5.32 Å². The molecule has 1 unspecified atom stereocenters. The lowest BCUT2D eigenvalue weighted by atomic mass is 9.85. The first-order valence-electron chi connectivity index (χ1n) is 6.11. The summed E-state index contributed by atoms with van der Waals surface area (Å²) in [7, 11) is 0. The van der Waals surface area contributed by atoms with E-state index in [1.807, 2.05) is 6.26 Å². The Labute approximate surface area is 92.1 Å². The molecule has 1 aliphatic heterocycles. The number of rotatable bonds is 3. The van der Waals surface area contributed by atoms with Crippen LogP contribution in [-0.4, -0.2) is 12.1 Å². The standard InChI is InChI=1S/C13H21NO/c1-2-13(7-4-3-5-8-14-13)10-12-6-9-15-11-12/h6,9,11,14H,2-5,7-8,10H2,1H3. The molecule has 0 radical (unpaired) electrons. The van der Waals surface area contributed by atoms with E-state index in [0.717, 1.165) is 6.42 Å². The molecule has 0 aliphatic carbocycles. The van der Waals surface area contributed by atoms with E-state index >= 15 is 0 Å². The Morgan fingerprint density at radius 3 is 3.07 bits per heavy atom. The molecule has 84 valence electrons. The van der Waals surface area contributed by atoms with Crippen molar-refractivity contribution in [2.45, 2.75) is 51.0 Å². The number of nitrogens with one attached hydrogen (secondary N) is 1. The minimum Gasteiger partial charge on any atom is -0.472 e. The fourth-order valence-electron chi connectivity index (χ4n) is 2.57. The molecule has 15 heavy (non-hydrogen) atoms. The van der Waals surface area contributed by atoms with E-state index in [4.69, 9.17) is 4.42 Å². The molecule has 1 fully saturated rings. The maximum atomic E-state index is 5.15. The average molecular weight is 207 g/mol. The largest absolute Gasteiger partial charge is 0.472 e. The van der Waals surface area contributed by atoms with Crippen molar-refractivity contribution in [3.8, 4) is 0 Å². The topological polar surface area (TPSA) is 25.2 Å². The van der Waals surface area contributed by atoms with Gasteiger partial charge in [-0.2, -0.15) is 0 Å². The normalized spacial score (nSPS) is 27.5. The van der Waals surface area contributed by atoms with E-state index in [9.17, 15) is 0 Å². The molecule has 1 aromatic heterocycles. The molecule has 0 aromatic carbocycles. The molecular formula is C13H21NO. The molecule has 0 spiro atoms. The first kappa shape index (κ1) is 10.7.